The van der Waals surface area contributed by atoms with Crippen LogP contribution in [0.15, 0.2) is 49.1 Å². The molecule has 0 spiro atoms. The van der Waals surface area contributed by atoms with Crippen molar-refractivity contribution in [1.82, 2.24) is 24.4 Å². The lowest BCUT2D eigenvalue weighted by molar-refractivity contribution is 0.0599. The van der Waals surface area contributed by atoms with Crippen molar-refractivity contribution in [2.24, 2.45) is 0 Å². The SMILES string of the molecule is COC(=O)c1ccc(CN(Cc2nccn2COCC[Si](C)(C)C)C(=O)c2ncc[nH]2)cc1. The number of aromatic nitrogens is 4. The van der Waals surface area contributed by atoms with Gasteiger partial charge in [0.05, 0.1) is 19.2 Å². The molecule has 0 atom stereocenters. The second-order valence-corrected chi connectivity index (χ2v) is 14.6. The highest BCUT2D eigenvalue weighted by Crippen LogP contribution is 2.14. The monoisotopic (exact) mass is 469 g/mol. The van der Waals surface area contributed by atoms with E-state index in [4.69, 9.17) is 9.47 Å². The highest BCUT2D eigenvalue weighted by atomic mass is 28.3. The average molecular weight is 470 g/mol. The van der Waals surface area contributed by atoms with Gasteiger partial charge >= 0.3 is 5.97 Å². The number of H-pyrrole nitrogens is 1. The summed E-state index contributed by atoms with van der Waals surface area (Å²) in [4.78, 5) is 37.9. The maximum atomic E-state index is 13.1. The number of nitrogens with zero attached hydrogens (tertiary/aromatic N) is 4. The summed E-state index contributed by atoms with van der Waals surface area (Å²) in [7, 11) is 0.180. The highest BCUT2D eigenvalue weighted by molar-refractivity contribution is 6.76. The van der Waals surface area contributed by atoms with Gasteiger partial charge in [-0.15, -0.1) is 0 Å². The first-order valence-corrected chi connectivity index (χ1v) is 14.5. The summed E-state index contributed by atoms with van der Waals surface area (Å²) < 4.78 is 12.5. The van der Waals surface area contributed by atoms with Gasteiger partial charge in [0, 0.05) is 46.0 Å². The first-order chi connectivity index (χ1) is 15.8. The predicted molar refractivity (Wildman–Crippen MR) is 126 cm³/mol. The molecule has 3 aromatic rings. The fourth-order valence-electron chi connectivity index (χ4n) is 3.14. The number of carbonyl (C=O) groups excluding carboxylic acids is 2. The largest absolute Gasteiger partial charge is 0.465 e. The van der Waals surface area contributed by atoms with Crippen LogP contribution in [0.2, 0.25) is 25.7 Å². The number of methoxy groups -OCH3 is 1. The molecule has 1 amide bonds. The van der Waals surface area contributed by atoms with E-state index in [0.29, 0.717) is 31.3 Å². The first kappa shape index (κ1) is 24.4. The van der Waals surface area contributed by atoms with Crippen LogP contribution >= 0.6 is 0 Å². The Morgan fingerprint density at radius 2 is 1.85 bits per heavy atom. The predicted octanol–water partition coefficient (Wildman–Crippen LogP) is 3.55. The molecule has 0 aliphatic carbocycles. The summed E-state index contributed by atoms with van der Waals surface area (Å²) in [5.41, 5.74) is 1.32. The molecule has 33 heavy (non-hydrogen) atoms. The summed E-state index contributed by atoms with van der Waals surface area (Å²) in [6, 6.07) is 8.07. The fourth-order valence-corrected chi connectivity index (χ4v) is 3.89. The molecule has 2 aromatic heterocycles. The van der Waals surface area contributed by atoms with Crippen molar-refractivity contribution in [2.75, 3.05) is 13.7 Å². The zero-order valence-electron chi connectivity index (χ0n) is 19.6. The van der Waals surface area contributed by atoms with Crippen molar-refractivity contribution >= 4 is 20.0 Å². The number of nitrogens with one attached hydrogen (secondary N) is 1. The van der Waals surface area contributed by atoms with Crippen LogP contribution in [-0.2, 0) is 29.3 Å². The van der Waals surface area contributed by atoms with E-state index in [-0.39, 0.29) is 18.3 Å². The normalized spacial score (nSPS) is 11.4. The zero-order valence-corrected chi connectivity index (χ0v) is 20.6. The molecule has 10 heteroatoms. The van der Waals surface area contributed by atoms with Gasteiger partial charge in [0.15, 0.2) is 5.82 Å². The summed E-state index contributed by atoms with van der Waals surface area (Å²) >= 11 is 0. The maximum absolute atomic E-state index is 13.1. The minimum Gasteiger partial charge on any atom is -0.465 e. The first-order valence-electron chi connectivity index (χ1n) is 10.8. The van der Waals surface area contributed by atoms with Crippen LogP contribution in [0.3, 0.4) is 0 Å². The molecule has 176 valence electrons. The van der Waals surface area contributed by atoms with Crippen LogP contribution in [0.4, 0.5) is 0 Å². The lowest BCUT2D eigenvalue weighted by Gasteiger charge is -2.22. The second kappa shape index (κ2) is 11.1. The molecule has 0 aliphatic heterocycles. The third-order valence-electron chi connectivity index (χ3n) is 5.10. The van der Waals surface area contributed by atoms with E-state index in [1.807, 2.05) is 10.8 Å². The number of aromatic amines is 1. The number of hydrogen-bond acceptors (Lipinski definition) is 6. The smallest absolute Gasteiger partial charge is 0.337 e. The van der Waals surface area contributed by atoms with Crippen LogP contribution in [0.5, 0.6) is 0 Å². The van der Waals surface area contributed by atoms with E-state index in [0.717, 1.165) is 11.6 Å². The standard InChI is InChI=1S/C23H31N5O4Si/c1-31-23(30)19-7-5-18(6-8-19)15-28(22(29)21-25-9-10-26-21)16-20-24-11-12-27(20)17-32-13-14-33(2,3)4/h5-12H,13-17H2,1-4H3,(H,25,26). The Kier molecular flexibility index (Phi) is 8.18. The number of carbonyl (C=O) groups is 2. The molecule has 0 bridgehead atoms. The fraction of sp³-hybridized carbons (Fsp3) is 0.391. The molecular formula is C23H31N5O4Si. The van der Waals surface area contributed by atoms with Gasteiger partial charge in [-0.05, 0) is 23.7 Å². The Balaban J connectivity index is 1.73. The van der Waals surface area contributed by atoms with Gasteiger partial charge in [0.2, 0.25) is 0 Å². The third kappa shape index (κ3) is 7.12. The molecule has 2 heterocycles. The summed E-state index contributed by atoms with van der Waals surface area (Å²) in [6.45, 7) is 8.64. The number of esters is 1. The van der Waals surface area contributed by atoms with Crippen molar-refractivity contribution in [2.45, 2.75) is 45.5 Å². The van der Waals surface area contributed by atoms with E-state index >= 15 is 0 Å². The Morgan fingerprint density at radius 3 is 2.48 bits per heavy atom. The van der Waals surface area contributed by atoms with E-state index in [1.54, 1.807) is 47.8 Å². The topological polar surface area (TPSA) is 102 Å². The van der Waals surface area contributed by atoms with Crippen molar-refractivity contribution in [1.29, 1.82) is 0 Å². The molecule has 0 saturated heterocycles. The van der Waals surface area contributed by atoms with E-state index < -0.39 is 14.0 Å². The molecule has 0 saturated carbocycles. The zero-order chi connectivity index (χ0) is 23.8. The molecular weight excluding hydrogens is 438 g/mol. The van der Waals surface area contributed by atoms with Gasteiger partial charge in [-0.1, -0.05) is 31.8 Å². The van der Waals surface area contributed by atoms with Crippen LogP contribution < -0.4 is 0 Å². The van der Waals surface area contributed by atoms with Crippen molar-refractivity contribution in [3.8, 4) is 0 Å². The van der Waals surface area contributed by atoms with Crippen molar-refractivity contribution in [3.05, 3.63) is 71.8 Å². The van der Waals surface area contributed by atoms with Gasteiger partial charge in [-0.25, -0.2) is 14.8 Å². The van der Waals surface area contributed by atoms with E-state index in [1.165, 1.54) is 7.11 Å². The van der Waals surface area contributed by atoms with Gasteiger partial charge in [0.25, 0.3) is 5.91 Å². The number of hydrogen-bond donors (Lipinski definition) is 1. The second-order valence-electron chi connectivity index (χ2n) is 8.95. The molecule has 3 rings (SSSR count). The van der Waals surface area contributed by atoms with Crippen LogP contribution in [0.1, 0.15) is 32.4 Å². The highest BCUT2D eigenvalue weighted by Gasteiger charge is 2.21. The lowest BCUT2D eigenvalue weighted by atomic mass is 10.1. The Hall–Kier alpha value is -3.24. The molecule has 0 radical (unpaired) electrons. The number of imidazole rings is 2. The van der Waals surface area contributed by atoms with Gasteiger partial charge in [0.1, 0.15) is 12.6 Å². The van der Waals surface area contributed by atoms with E-state index in [9.17, 15) is 9.59 Å². The summed E-state index contributed by atoms with van der Waals surface area (Å²) in [6.07, 6.45) is 6.72. The van der Waals surface area contributed by atoms with Crippen molar-refractivity contribution < 1.29 is 19.1 Å². The molecule has 1 aromatic carbocycles. The maximum Gasteiger partial charge on any atom is 0.337 e. The number of amides is 1. The van der Waals surface area contributed by atoms with E-state index in [2.05, 4.69) is 34.6 Å². The number of rotatable bonds is 11. The molecule has 1 N–H and O–H groups in total. The van der Waals surface area contributed by atoms with Gasteiger partial charge in [-0.2, -0.15) is 0 Å². The quantitative estimate of drug-likeness (QED) is 0.262. The van der Waals surface area contributed by atoms with Gasteiger partial charge < -0.3 is 23.9 Å². The third-order valence-corrected chi connectivity index (χ3v) is 6.80. The van der Waals surface area contributed by atoms with Gasteiger partial charge in [-0.3, -0.25) is 4.79 Å². The molecule has 9 nitrogen and oxygen atoms in total. The lowest BCUT2D eigenvalue weighted by Crippen LogP contribution is -2.32. The Morgan fingerprint density at radius 1 is 1.09 bits per heavy atom. The number of ether oxygens (including phenoxy) is 2. The van der Waals surface area contributed by atoms with Crippen LogP contribution in [0.25, 0.3) is 0 Å². The van der Waals surface area contributed by atoms with Crippen LogP contribution in [0, 0.1) is 0 Å². The van der Waals surface area contributed by atoms with Crippen LogP contribution in [-0.4, -0.2) is 58.1 Å². The molecule has 0 fully saturated rings. The number of benzene rings is 1. The minimum atomic E-state index is -1.16. The van der Waals surface area contributed by atoms with Crippen molar-refractivity contribution in [3.63, 3.8) is 0 Å². The summed E-state index contributed by atoms with van der Waals surface area (Å²) in [5.74, 6) is 0.326. The Labute approximate surface area is 194 Å². The Bertz CT molecular complexity index is 1040. The summed E-state index contributed by atoms with van der Waals surface area (Å²) in [5, 5.41) is 0. The minimum absolute atomic E-state index is 0.244. The molecule has 0 unspecified atom stereocenters. The molecule has 0 aliphatic rings. The average Bonchev–Trinajstić information content (AvgIpc) is 3.47.